The van der Waals surface area contributed by atoms with Crippen molar-refractivity contribution in [1.82, 2.24) is 19.7 Å². The minimum absolute atomic E-state index is 0.246. The molecule has 4 aromatic rings. The van der Waals surface area contributed by atoms with Gasteiger partial charge in [-0.2, -0.15) is 4.98 Å². The lowest BCUT2D eigenvalue weighted by atomic mass is 9.95. The second kappa shape index (κ2) is 10.4. The van der Waals surface area contributed by atoms with Gasteiger partial charge in [-0.1, -0.05) is 23.7 Å². The molecular formula is C28H28ClN7O. The van der Waals surface area contributed by atoms with E-state index in [0.29, 0.717) is 33.8 Å². The zero-order valence-corrected chi connectivity index (χ0v) is 21.7. The van der Waals surface area contributed by atoms with E-state index >= 15 is 0 Å². The topological polar surface area (TPSA) is 88.0 Å². The van der Waals surface area contributed by atoms with Gasteiger partial charge < -0.3 is 15.5 Å². The van der Waals surface area contributed by atoms with Gasteiger partial charge in [-0.25, -0.2) is 4.68 Å². The van der Waals surface area contributed by atoms with E-state index in [0.717, 1.165) is 29.9 Å². The number of benzene rings is 2. The fourth-order valence-corrected chi connectivity index (χ4v) is 4.69. The average molecular weight is 514 g/mol. The van der Waals surface area contributed by atoms with Crippen LogP contribution in [0.5, 0.6) is 0 Å². The zero-order valence-electron chi connectivity index (χ0n) is 20.9. The number of hydrogen-bond donors (Lipinski definition) is 2. The maximum Gasteiger partial charge on any atom is 0.255 e. The molecule has 0 saturated carbocycles. The third-order valence-electron chi connectivity index (χ3n) is 6.46. The van der Waals surface area contributed by atoms with E-state index in [9.17, 15) is 4.79 Å². The van der Waals surface area contributed by atoms with Crippen LogP contribution in [0.15, 0.2) is 84.3 Å². The number of amides is 1. The summed E-state index contributed by atoms with van der Waals surface area (Å²) in [5, 5.41) is 11.7. The molecule has 1 aliphatic rings. The van der Waals surface area contributed by atoms with Crippen LogP contribution in [0.4, 0.5) is 17.3 Å². The van der Waals surface area contributed by atoms with Crippen LogP contribution in [0.3, 0.4) is 0 Å². The van der Waals surface area contributed by atoms with Crippen molar-refractivity contribution in [1.29, 1.82) is 0 Å². The van der Waals surface area contributed by atoms with E-state index in [1.807, 2.05) is 43.3 Å². The lowest BCUT2D eigenvalue weighted by molar-refractivity contribution is -0.113. The summed E-state index contributed by atoms with van der Waals surface area (Å²) in [5.41, 5.74) is 4.77. The average Bonchev–Trinajstić information content (AvgIpc) is 3.33. The molecule has 1 unspecified atom stereocenters. The molecule has 0 radical (unpaired) electrons. The van der Waals surface area contributed by atoms with E-state index < -0.39 is 6.04 Å². The highest BCUT2D eigenvalue weighted by atomic mass is 35.5. The molecule has 188 valence electrons. The zero-order chi connectivity index (χ0) is 25.9. The first-order valence-electron chi connectivity index (χ1n) is 12.2. The Morgan fingerprint density at radius 3 is 2.46 bits per heavy atom. The smallest absolute Gasteiger partial charge is 0.255 e. The van der Waals surface area contributed by atoms with Crippen molar-refractivity contribution in [2.75, 3.05) is 28.6 Å². The van der Waals surface area contributed by atoms with Crippen molar-refractivity contribution < 1.29 is 4.79 Å². The van der Waals surface area contributed by atoms with Gasteiger partial charge in [0.25, 0.3) is 5.91 Å². The van der Waals surface area contributed by atoms with Crippen molar-refractivity contribution in [2.24, 2.45) is 0 Å². The Kier molecular flexibility index (Phi) is 6.92. The van der Waals surface area contributed by atoms with Gasteiger partial charge in [-0.15, -0.1) is 5.10 Å². The van der Waals surface area contributed by atoms with Crippen molar-refractivity contribution >= 4 is 34.8 Å². The van der Waals surface area contributed by atoms with E-state index in [-0.39, 0.29) is 5.91 Å². The highest BCUT2D eigenvalue weighted by Crippen LogP contribution is 2.37. The Bertz CT molecular complexity index is 1430. The second-order valence-corrected chi connectivity index (χ2v) is 9.17. The van der Waals surface area contributed by atoms with E-state index in [1.165, 1.54) is 0 Å². The molecule has 5 rings (SSSR count). The van der Waals surface area contributed by atoms with Gasteiger partial charge in [-0.3, -0.25) is 9.78 Å². The van der Waals surface area contributed by atoms with Gasteiger partial charge >= 0.3 is 0 Å². The summed E-state index contributed by atoms with van der Waals surface area (Å²) in [4.78, 5) is 24.7. The van der Waals surface area contributed by atoms with Crippen LogP contribution in [0.25, 0.3) is 11.4 Å². The Morgan fingerprint density at radius 1 is 1.08 bits per heavy atom. The first kappa shape index (κ1) is 24.5. The van der Waals surface area contributed by atoms with Crippen molar-refractivity contribution in [2.45, 2.75) is 26.8 Å². The predicted molar refractivity (Wildman–Crippen MR) is 148 cm³/mol. The molecule has 2 aromatic carbocycles. The van der Waals surface area contributed by atoms with E-state index in [2.05, 4.69) is 46.5 Å². The number of anilines is 3. The van der Waals surface area contributed by atoms with Crippen LogP contribution >= 0.6 is 11.6 Å². The van der Waals surface area contributed by atoms with Crippen LogP contribution in [0, 0.1) is 0 Å². The first-order valence-corrected chi connectivity index (χ1v) is 12.6. The third-order valence-corrected chi connectivity index (χ3v) is 6.71. The van der Waals surface area contributed by atoms with Crippen molar-refractivity contribution in [3.8, 4) is 11.4 Å². The van der Waals surface area contributed by atoms with Gasteiger partial charge in [0.15, 0.2) is 5.82 Å². The largest absolute Gasteiger partial charge is 0.372 e. The highest BCUT2D eigenvalue weighted by molar-refractivity contribution is 6.30. The molecule has 0 fully saturated rings. The molecule has 3 heterocycles. The van der Waals surface area contributed by atoms with Crippen LogP contribution < -0.4 is 15.5 Å². The SMILES string of the molecule is CCN(CC)c1ccc(-c2nc3n(n2)C(c2ccc(Cl)cc2)C(C(=O)Nc2cccnc2)=C(C)N3)cc1. The van der Waals surface area contributed by atoms with Gasteiger partial charge in [0, 0.05) is 41.3 Å². The number of allylic oxidation sites excluding steroid dienone is 1. The number of rotatable bonds is 7. The normalized spacial score (nSPS) is 14.6. The summed E-state index contributed by atoms with van der Waals surface area (Å²) in [5.74, 6) is 0.900. The fraction of sp³-hybridized carbons (Fsp3) is 0.214. The standard InChI is InChI=1S/C28H28ClN7O/c1-4-35(5-2)23-14-10-20(11-15-23)26-33-28-31-18(3)24(27(37)32-22-7-6-16-30-17-22)25(36(28)34-26)19-8-12-21(29)13-9-19/h6-17,25H,4-5H2,1-3H3,(H,32,37)(H,31,33,34). The fourth-order valence-electron chi connectivity index (χ4n) is 4.57. The predicted octanol–water partition coefficient (Wildman–Crippen LogP) is 5.77. The second-order valence-electron chi connectivity index (χ2n) is 8.74. The van der Waals surface area contributed by atoms with Gasteiger partial charge in [0.05, 0.1) is 17.5 Å². The summed E-state index contributed by atoms with van der Waals surface area (Å²) in [7, 11) is 0. The van der Waals surface area contributed by atoms with Crippen molar-refractivity contribution in [3.63, 3.8) is 0 Å². The maximum absolute atomic E-state index is 13.5. The Morgan fingerprint density at radius 2 is 1.81 bits per heavy atom. The molecule has 2 aromatic heterocycles. The Hall–Kier alpha value is -4.17. The summed E-state index contributed by atoms with van der Waals surface area (Å²) in [6, 6.07) is 18.8. The number of hydrogen-bond acceptors (Lipinski definition) is 6. The minimum Gasteiger partial charge on any atom is -0.372 e. The van der Waals surface area contributed by atoms with E-state index in [4.69, 9.17) is 21.7 Å². The molecule has 0 spiro atoms. The maximum atomic E-state index is 13.5. The number of carbonyl (C=O) groups excluding carboxylic acids is 1. The van der Waals surface area contributed by atoms with Crippen LogP contribution in [0.2, 0.25) is 5.02 Å². The highest BCUT2D eigenvalue weighted by Gasteiger charge is 2.34. The van der Waals surface area contributed by atoms with Crippen LogP contribution in [0.1, 0.15) is 32.4 Å². The number of carbonyl (C=O) groups is 1. The van der Waals surface area contributed by atoms with Gasteiger partial charge in [0.2, 0.25) is 5.95 Å². The minimum atomic E-state index is -0.499. The van der Waals surface area contributed by atoms with Gasteiger partial charge in [0.1, 0.15) is 6.04 Å². The molecule has 1 atom stereocenters. The molecule has 0 bridgehead atoms. The molecular weight excluding hydrogens is 486 g/mol. The number of halogens is 1. The Labute approximate surface area is 221 Å². The summed E-state index contributed by atoms with van der Waals surface area (Å²) in [6.45, 7) is 8.03. The molecule has 1 aliphatic heterocycles. The number of aromatic nitrogens is 4. The molecule has 0 aliphatic carbocycles. The monoisotopic (exact) mass is 513 g/mol. The molecule has 9 heteroatoms. The van der Waals surface area contributed by atoms with Crippen LogP contribution in [-0.4, -0.2) is 38.7 Å². The first-order chi connectivity index (χ1) is 18.0. The lowest BCUT2D eigenvalue weighted by Gasteiger charge is -2.28. The number of nitrogens with zero attached hydrogens (tertiary/aromatic N) is 5. The number of fused-ring (bicyclic) bond motifs is 1. The molecule has 2 N–H and O–H groups in total. The molecule has 1 amide bonds. The number of nitrogens with one attached hydrogen (secondary N) is 2. The quantitative estimate of drug-likeness (QED) is 0.326. The molecule has 0 saturated heterocycles. The van der Waals surface area contributed by atoms with Crippen molar-refractivity contribution in [3.05, 3.63) is 94.9 Å². The summed E-state index contributed by atoms with van der Waals surface area (Å²) in [6.07, 6.45) is 3.28. The summed E-state index contributed by atoms with van der Waals surface area (Å²) >= 11 is 6.18. The Balaban J connectivity index is 1.54. The van der Waals surface area contributed by atoms with Gasteiger partial charge in [-0.05, 0) is 74.9 Å². The third kappa shape index (κ3) is 4.93. The molecule has 8 nitrogen and oxygen atoms in total. The summed E-state index contributed by atoms with van der Waals surface area (Å²) < 4.78 is 1.77. The lowest BCUT2D eigenvalue weighted by Crippen LogP contribution is -2.31. The van der Waals surface area contributed by atoms with Crippen LogP contribution in [-0.2, 0) is 4.79 Å². The molecule has 37 heavy (non-hydrogen) atoms. The van der Waals surface area contributed by atoms with E-state index in [1.54, 1.807) is 29.2 Å². The number of pyridine rings is 1.